The maximum Gasteiger partial charge on any atom is 0.335 e. The van der Waals surface area contributed by atoms with Crippen molar-refractivity contribution in [2.24, 2.45) is 0 Å². The topological polar surface area (TPSA) is 95.1 Å². The van der Waals surface area contributed by atoms with Crippen molar-refractivity contribution in [3.63, 3.8) is 0 Å². The van der Waals surface area contributed by atoms with Crippen LogP contribution in [0.25, 0.3) is 0 Å². The Morgan fingerprint density at radius 3 is 2.84 bits per heavy atom. The number of aromatic amines is 1. The molecule has 0 aromatic carbocycles. The summed E-state index contributed by atoms with van der Waals surface area (Å²) in [7, 11) is 0. The Hall–Kier alpha value is -2.34. The third kappa shape index (κ3) is 3.32. The maximum absolute atomic E-state index is 11.7. The lowest BCUT2D eigenvalue weighted by Crippen LogP contribution is -2.23. The van der Waals surface area contributed by atoms with Gasteiger partial charge in [0.25, 0.3) is 5.91 Å². The molecule has 19 heavy (non-hydrogen) atoms. The second-order valence-corrected chi connectivity index (χ2v) is 4.19. The zero-order valence-corrected chi connectivity index (χ0v) is 10.4. The Morgan fingerprint density at radius 1 is 1.42 bits per heavy atom. The molecule has 0 unspecified atom stereocenters. The van der Waals surface area contributed by atoms with E-state index in [1.165, 1.54) is 30.6 Å². The highest BCUT2D eigenvalue weighted by Crippen LogP contribution is 2.09. The Balaban J connectivity index is 2.01. The molecule has 0 aliphatic carbocycles. The van der Waals surface area contributed by atoms with Gasteiger partial charge in [0, 0.05) is 12.4 Å². The molecule has 0 radical (unpaired) electrons. The Labute approximate surface area is 113 Å². The summed E-state index contributed by atoms with van der Waals surface area (Å²) in [6.45, 7) is 0.136. The van der Waals surface area contributed by atoms with E-state index in [0.29, 0.717) is 16.4 Å². The van der Waals surface area contributed by atoms with Crippen molar-refractivity contribution in [2.75, 3.05) is 0 Å². The van der Waals surface area contributed by atoms with E-state index in [1.54, 1.807) is 0 Å². The molecular weight excluding hydrogens is 270 g/mol. The van der Waals surface area contributed by atoms with Crippen LogP contribution in [-0.4, -0.2) is 27.0 Å². The van der Waals surface area contributed by atoms with E-state index in [9.17, 15) is 9.59 Å². The highest BCUT2D eigenvalue weighted by Gasteiger charge is 2.09. The summed E-state index contributed by atoms with van der Waals surface area (Å²) in [6.07, 6.45) is 2.89. The van der Waals surface area contributed by atoms with Crippen LogP contribution in [0.3, 0.4) is 0 Å². The smallest absolute Gasteiger partial charge is 0.335 e. The first-order valence-electron chi connectivity index (χ1n) is 5.36. The standard InChI is InChI=1S/C12H10ClN3O3/c13-8-4-10(15-5-8)11(17)16-6-9-3-7(12(18)19)1-2-14-9/h1-5,15H,6H2,(H,16,17)(H,18,19). The first-order valence-corrected chi connectivity index (χ1v) is 5.74. The maximum atomic E-state index is 11.7. The number of hydrogen-bond acceptors (Lipinski definition) is 3. The number of nitrogens with one attached hydrogen (secondary N) is 2. The predicted octanol–water partition coefficient (Wildman–Crippen LogP) is 1.69. The van der Waals surface area contributed by atoms with Crippen LogP contribution in [0.5, 0.6) is 0 Å². The van der Waals surface area contributed by atoms with E-state index in [-0.39, 0.29) is 18.0 Å². The van der Waals surface area contributed by atoms with Crippen LogP contribution in [0.4, 0.5) is 0 Å². The van der Waals surface area contributed by atoms with Crippen LogP contribution in [0.15, 0.2) is 30.6 Å². The number of hydrogen-bond donors (Lipinski definition) is 3. The van der Waals surface area contributed by atoms with Crippen LogP contribution in [-0.2, 0) is 6.54 Å². The number of aromatic carboxylic acids is 1. The average Bonchev–Trinajstić information content (AvgIpc) is 2.83. The second-order valence-electron chi connectivity index (χ2n) is 3.76. The summed E-state index contributed by atoms with van der Waals surface area (Å²) in [5, 5.41) is 11.9. The zero-order valence-electron chi connectivity index (χ0n) is 9.68. The molecule has 1 amide bonds. The molecule has 0 fully saturated rings. The largest absolute Gasteiger partial charge is 0.478 e. The van der Waals surface area contributed by atoms with Crippen molar-refractivity contribution in [2.45, 2.75) is 6.54 Å². The van der Waals surface area contributed by atoms with E-state index in [2.05, 4.69) is 15.3 Å². The van der Waals surface area contributed by atoms with Gasteiger partial charge in [-0.25, -0.2) is 4.79 Å². The number of carbonyl (C=O) groups excluding carboxylic acids is 1. The molecule has 0 spiro atoms. The van der Waals surface area contributed by atoms with Crippen molar-refractivity contribution >= 4 is 23.5 Å². The van der Waals surface area contributed by atoms with Gasteiger partial charge in [0.2, 0.25) is 0 Å². The second kappa shape index (κ2) is 5.53. The Morgan fingerprint density at radius 2 is 2.21 bits per heavy atom. The van der Waals surface area contributed by atoms with Crippen LogP contribution >= 0.6 is 11.6 Å². The summed E-state index contributed by atoms with van der Waals surface area (Å²) >= 11 is 5.69. The number of carboxylic acid groups (broad SMARTS) is 1. The molecule has 2 rings (SSSR count). The number of aromatic nitrogens is 2. The summed E-state index contributed by atoms with van der Waals surface area (Å²) in [5.74, 6) is -1.37. The van der Waals surface area contributed by atoms with Crippen LogP contribution in [0, 0.1) is 0 Å². The fraction of sp³-hybridized carbons (Fsp3) is 0.0833. The summed E-state index contributed by atoms with van der Waals surface area (Å²) in [4.78, 5) is 29.2. The number of carbonyl (C=O) groups is 2. The minimum absolute atomic E-state index is 0.127. The van der Waals surface area contributed by atoms with E-state index in [1.807, 2.05) is 0 Å². The van der Waals surface area contributed by atoms with Crippen molar-refractivity contribution < 1.29 is 14.7 Å². The highest BCUT2D eigenvalue weighted by molar-refractivity contribution is 6.30. The lowest BCUT2D eigenvalue weighted by molar-refractivity contribution is 0.0696. The fourth-order valence-corrected chi connectivity index (χ4v) is 1.64. The highest BCUT2D eigenvalue weighted by atomic mass is 35.5. The molecule has 2 aromatic heterocycles. The summed E-state index contributed by atoms with van der Waals surface area (Å²) in [5.41, 5.74) is 0.924. The minimum Gasteiger partial charge on any atom is -0.478 e. The van der Waals surface area contributed by atoms with Crippen molar-refractivity contribution in [3.8, 4) is 0 Å². The number of amides is 1. The quantitative estimate of drug-likeness (QED) is 0.794. The van der Waals surface area contributed by atoms with Gasteiger partial charge in [0.15, 0.2) is 0 Å². The molecule has 0 saturated heterocycles. The van der Waals surface area contributed by atoms with Crippen LogP contribution in [0.2, 0.25) is 5.02 Å². The van der Waals surface area contributed by atoms with Gasteiger partial charge < -0.3 is 15.4 Å². The monoisotopic (exact) mass is 279 g/mol. The molecule has 0 aliphatic rings. The zero-order chi connectivity index (χ0) is 13.8. The van der Waals surface area contributed by atoms with Gasteiger partial charge in [0.05, 0.1) is 22.8 Å². The van der Waals surface area contributed by atoms with E-state index >= 15 is 0 Å². The molecule has 7 heteroatoms. The molecular formula is C12H10ClN3O3. The summed E-state index contributed by atoms with van der Waals surface area (Å²) < 4.78 is 0. The number of carboxylic acids is 1. The number of halogens is 1. The van der Waals surface area contributed by atoms with Crippen molar-refractivity contribution in [3.05, 3.63) is 52.6 Å². The Kier molecular flexibility index (Phi) is 3.82. The lowest BCUT2D eigenvalue weighted by Gasteiger charge is -2.04. The molecule has 6 nitrogen and oxygen atoms in total. The molecule has 0 atom stereocenters. The minimum atomic E-state index is -1.04. The molecule has 0 bridgehead atoms. The fourth-order valence-electron chi connectivity index (χ4n) is 1.47. The predicted molar refractivity (Wildman–Crippen MR) is 68.2 cm³/mol. The van der Waals surface area contributed by atoms with Gasteiger partial charge in [0.1, 0.15) is 5.69 Å². The normalized spacial score (nSPS) is 10.2. The first-order chi connectivity index (χ1) is 9.06. The van der Waals surface area contributed by atoms with Crippen LogP contribution < -0.4 is 5.32 Å². The SMILES string of the molecule is O=C(O)c1ccnc(CNC(=O)c2cc(Cl)c[nH]2)c1. The van der Waals surface area contributed by atoms with Gasteiger partial charge in [-0.3, -0.25) is 9.78 Å². The van der Waals surface area contributed by atoms with Gasteiger partial charge in [-0.15, -0.1) is 0 Å². The summed E-state index contributed by atoms with van der Waals surface area (Å²) in [6, 6.07) is 4.29. The third-order valence-electron chi connectivity index (χ3n) is 2.39. The third-order valence-corrected chi connectivity index (χ3v) is 2.60. The van der Waals surface area contributed by atoms with E-state index in [0.717, 1.165) is 0 Å². The van der Waals surface area contributed by atoms with Crippen molar-refractivity contribution in [1.29, 1.82) is 0 Å². The molecule has 2 heterocycles. The molecule has 98 valence electrons. The van der Waals surface area contributed by atoms with Gasteiger partial charge in [-0.05, 0) is 18.2 Å². The van der Waals surface area contributed by atoms with Gasteiger partial charge in [-0.1, -0.05) is 11.6 Å². The number of nitrogens with zero attached hydrogens (tertiary/aromatic N) is 1. The van der Waals surface area contributed by atoms with Gasteiger partial charge >= 0.3 is 5.97 Å². The van der Waals surface area contributed by atoms with Crippen LogP contribution in [0.1, 0.15) is 26.5 Å². The number of pyridine rings is 1. The van der Waals surface area contributed by atoms with E-state index in [4.69, 9.17) is 16.7 Å². The molecule has 2 aromatic rings. The lowest BCUT2D eigenvalue weighted by atomic mass is 10.2. The van der Waals surface area contributed by atoms with Crippen molar-refractivity contribution in [1.82, 2.24) is 15.3 Å². The number of H-pyrrole nitrogens is 1. The molecule has 3 N–H and O–H groups in total. The Bertz CT molecular complexity index is 624. The number of rotatable bonds is 4. The first kappa shape index (κ1) is 13.1. The van der Waals surface area contributed by atoms with E-state index < -0.39 is 5.97 Å². The average molecular weight is 280 g/mol. The molecule has 0 aliphatic heterocycles. The van der Waals surface area contributed by atoms with Gasteiger partial charge in [-0.2, -0.15) is 0 Å². The molecule has 0 saturated carbocycles.